The van der Waals surface area contributed by atoms with Crippen LogP contribution in [0.4, 0.5) is 5.69 Å². The van der Waals surface area contributed by atoms with Gasteiger partial charge in [0, 0.05) is 41.9 Å². The Morgan fingerprint density at radius 3 is 2.39 bits per heavy atom. The number of aryl methyl sites for hydroxylation is 1. The number of hydrogen-bond acceptors (Lipinski definition) is 4. The van der Waals surface area contributed by atoms with Crippen molar-refractivity contribution in [1.29, 1.82) is 0 Å². The highest BCUT2D eigenvalue weighted by atomic mass is 35.5. The number of nitrogens with zero attached hydrogens (tertiary/aromatic N) is 3. The number of halogens is 1. The number of carbonyl (C=O) groups excluding carboxylic acids is 1. The van der Waals surface area contributed by atoms with Crippen molar-refractivity contribution in [3.05, 3.63) is 92.4 Å². The fourth-order valence-corrected chi connectivity index (χ4v) is 3.69. The summed E-state index contributed by atoms with van der Waals surface area (Å²) in [6.07, 6.45) is 3.50. The van der Waals surface area contributed by atoms with Crippen LogP contribution in [-0.2, 0) is 20.0 Å². The second-order valence-corrected chi connectivity index (χ2v) is 7.43. The van der Waals surface area contributed by atoms with E-state index >= 15 is 0 Å². The van der Waals surface area contributed by atoms with Gasteiger partial charge in [0.25, 0.3) is 5.56 Å². The fourth-order valence-electron chi connectivity index (χ4n) is 3.57. The third-order valence-electron chi connectivity index (χ3n) is 5.11. The number of ketones is 1. The number of rotatable bonds is 4. The average Bonchev–Trinajstić information content (AvgIpc) is 2.72. The van der Waals surface area contributed by atoms with Crippen molar-refractivity contribution in [1.82, 2.24) is 9.78 Å². The lowest BCUT2D eigenvalue weighted by Crippen LogP contribution is -2.35. The molecule has 1 aliphatic heterocycles. The van der Waals surface area contributed by atoms with Crippen LogP contribution in [0.3, 0.4) is 0 Å². The minimum atomic E-state index is -0.0285. The first-order valence-corrected chi connectivity index (χ1v) is 9.60. The van der Waals surface area contributed by atoms with E-state index in [1.807, 2.05) is 24.3 Å². The van der Waals surface area contributed by atoms with E-state index in [1.54, 1.807) is 37.5 Å². The molecule has 2 heterocycles. The molecule has 0 spiro atoms. The highest BCUT2D eigenvalue weighted by molar-refractivity contribution is 6.30. The SMILES string of the molecule is Cn1ncc2c(c1=O)CCCN2Cc1ccc(C(=O)c2ccc(Cl)cc2)cc1. The summed E-state index contributed by atoms with van der Waals surface area (Å²) in [6.45, 7) is 1.56. The minimum absolute atomic E-state index is 0.0221. The summed E-state index contributed by atoms with van der Waals surface area (Å²) < 4.78 is 1.39. The lowest BCUT2D eigenvalue weighted by atomic mass is 10.0. The molecule has 0 N–H and O–H groups in total. The van der Waals surface area contributed by atoms with Crippen LogP contribution in [0.1, 0.15) is 33.5 Å². The van der Waals surface area contributed by atoms with Crippen LogP contribution in [0.5, 0.6) is 0 Å². The van der Waals surface area contributed by atoms with E-state index in [9.17, 15) is 9.59 Å². The summed E-state index contributed by atoms with van der Waals surface area (Å²) >= 11 is 5.89. The Morgan fingerprint density at radius 2 is 1.71 bits per heavy atom. The van der Waals surface area contributed by atoms with Crippen LogP contribution in [0.25, 0.3) is 0 Å². The first kappa shape index (κ1) is 18.4. The Morgan fingerprint density at radius 1 is 1.07 bits per heavy atom. The number of hydrogen-bond donors (Lipinski definition) is 0. The molecule has 0 bridgehead atoms. The Kier molecular flexibility index (Phi) is 5.01. The van der Waals surface area contributed by atoms with E-state index in [-0.39, 0.29) is 11.3 Å². The predicted octanol–water partition coefficient (Wildman–Crippen LogP) is 3.62. The Bertz CT molecular complexity index is 1070. The molecule has 4 rings (SSSR count). The van der Waals surface area contributed by atoms with Crippen LogP contribution < -0.4 is 10.5 Å². The largest absolute Gasteiger partial charge is 0.366 e. The molecule has 0 saturated heterocycles. The maximum absolute atomic E-state index is 12.6. The van der Waals surface area contributed by atoms with Gasteiger partial charge < -0.3 is 4.90 Å². The molecule has 0 saturated carbocycles. The number of benzene rings is 2. The molecular formula is C22H20ClN3O2. The second kappa shape index (κ2) is 7.60. The summed E-state index contributed by atoms with van der Waals surface area (Å²) in [6, 6.07) is 14.5. The van der Waals surface area contributed by atoms with Crippen molar-refractivity contribution in [2.75, 3.05) is 11.4 Å². The van der Waals surface area contributed by atoms with Crippen molar-refractivity contribution in [2.45, 2.75) is 19.4 Å². The van der Waals surface area contributed by atoms with E-state index in [0.717, 1.165) is 36.2 Å². The minimum Gasteiger partial charge on any atom is -0.366 e. The summed E-state index contributed by atoms with van der Waals surface area (Å²) in [5, 5.41) is 4.78. The van der Waals surface area contributed by atoms with E-state index in [0.29, 0.717) is 22.7 Å². The average molecular weight is 394 g/mol. The van der Waals surface area contributed by atoms with Crippen LogP contribution in [0.15, 0.2) is 59.5 Å². The zero-order valence-corrected chi connectivity index (χ0v) is 16.3. The van der Waals surface area contributed by atoms with Gasteiger partial charge >= 0.3 is 0 Å². The normalized spacial score (nSPS) is 13.3. The van der Waals surface area contributed by atoms with Crippen molar-refractivity contribution < 1.29 is 4.79 Å². The molecule has 0 radical (unpaired) electrons. The summed E-state index contributed by atoms with van der Waals surface area (Å²) in [5.41, 5.74) is 4.06. The van der Waals surface area contributed by atoms with Crippen LogP contribution in [0.2, 0.25) is 5.02 Å². The number of anilines is 1. The predicted molar refractivity (Wildman–Crippen MR) is 110 cm³/mol. The maximum Gasteiger partial charge on any atom is 0.271 e. The molecule has 5 nitrogen and oxygen atoms in total. The van der Waals surface area contributed by atoms with Gasteiger partial charge in [-0.3, -0.25) is 9.59 Å². The first-order valence-electron chi connectivity index (χ1n) is 9.22. The molecule has 0 fully saturated rings. The summed E-state index contributed by atoms with van der Waals surface area (Å²) in [4.78, 5) is 27.1. The molecule has 0 aliphatic carbocycles. The molecule has 0 amide bonds. The Balaban J connectivity index is 1.53. The highest BCUT2D eigenvalue weighted by Crippen LogP contribution is 2.25. The van der Waals surface area contributed by atoms with E-state index in [1.165, 1.54) is 4.68 Å². The molecule has 142 valence electrons. The maximum atomic E-state index is 12.6. The smallest absolute Gasteiger partial charge is 0.271 e. The second-order valence-electron chi connectivity index (χ2n) is 7.00. The number of aromatic nitrogens is 2. The third-order valence-corrected chi connectivity index (χ3v) is 5.36. The van der Waals surface area contributed by atoms with Gasteiger partial charge in [-0.2, -0.15) is 5.10 Å². The van der Waals surface area contributed by atoms with Crippen molar-refractivity contribution in [3.8, 4) is 0 Å². The van der Waals surface area contributed by atoms with E-state index < -0.39 is 0 Å². The fraction of sp³-hybridized carbons (Fsp3) is 0.227. The topological polar surface area (TPSA) is 55.2 Å². The van der Waals surface area contributed by atoms with E-state index in [4.69, 9.17) is 11.6 Å². The van der Waals surface area contributed by atoms with Gasteiger partial charge in [-0.15, -0.1) is 0 Å². The lowest BCUT2D eigenvalue weighted by molar-refractivity contribution is 0.103. The molecular weight excluding hydrogens is 374 g/mol. The zero-order valence-electron chi connectivity index (χ0n) is 15.6. The molecule has 1 aromatic heterocycles. The third kappa shape index (κ3) is 3.58. The van der Waals surface area contributed by atoms with Crippen LogP contribution >= 0.6 is 11.6 Å². The first-order chi connectivity index (χ1) is 13.5. The quantitative estimate of drug-likeness (QED) is 0.635. The highest BCUT2D eigenvalue weighted by Gasteiger charge is 2.21. The Hall–Kier alpha value is -2.92. The zero-order chi connectivity index (χ0) is 19.7. The van der Waals surface area contributed by atoms with Gasteiger partial charge in [0.2, 0.25) is 0 Å². The molecule has 0 atom stereocenters. The monoisotopic (exact) mass is 393 g/mol. The molecule has 1 aliphatic rings. The van der Waals surface area contributed by atoms with Crippen molar-refractivity contribution in [2.24, 2.45) is 7.05 Å². The number of carbonyl (C=O) groups is 1. The van der Waals surface area contributed by atoms with Gasteiger partial charge in [0.1, 0.15) is 0 Å². The summed E-state index contributed by atoms with van der Waals surface area (Å²) in [7, 11) is 1.68. The molecule has 28 heavy (non-hydrogen) atoms. The molecule has 3 aromatic rings. The van der Waals surface area contributed by atoms with Crippen molar-refractivity contribution in [3.63, 3.8) is 0 Å². The van der Waals surface area contributed by atoms with Gasteiger partial charge in [-0.05, 0) is 42.7 Å². The van der Waals surface area contributed by atoms with Gasteiger partial charge in [0.05, 0.1) is 11.9 Å². The lowest BCUT2D eigenvalue weighted by Gasteiger charge is -2.30. The van der Waals surface area contributed by atoms with E-state index in [2.05, 4.69) is 10.00 Å². The molecule has 0 unspecified atom stereocenters. The summed E-state index contributed by atoms with van der Waals surface area (Å²) in [5.74, 6) is -0.0285. The molecule has 6 heteroatoms. The van der Waals surface area contributed by atoms with Gasteiger partial charge in [0.15, 0.2) is 5.78 Å². The van der Waals surface area contributed by atoms with Crippen LogP contribution in [0, 0.1) is 0 Å². The van der Waals surface area contributed by atoms with Crippen molar-refractivity contribution >= 4 is 23.1 Å². The standard InChI is InChI=1S/C22H20ClN3O2/c1-25-22(28)19-3-2-12-26(20(19)13-24-25)14-15-4-6-16(7-5-15)21(27)17-8-10-18(23)11-9-17/h4-11,13H,2-3,12,14H2,1H3. The molecule has 2 aromatic carbocycles. The van der Waals surface area contributed by atoms with Gasteiger partial charge in [-0.1, -0.05) is 35.9 Å². The van der Waals surface area contributed by atoms with Crippen LogP contribution in [-0.4, -0.2) is 22.1 Å². The van der Waals surface area contributed by atoms with Gasteiger partial charge in [-0.25, -0.2) is 4.68 Å². The number of fused-ring (bicyclic) bond motifs is 1. The Labute approximate surface area is 168 Å².